The zero-order chi connectivity index (χ0) is 14.7. The minimum Gasteiger partial charge on any atom is -0.0882 e. The summed E-state index contributed by atoms with van der Waals surface area (Å²) in [4.78, 5) is 0. The van der Waals surface area contributed by atoms with E-state index in [1.54, 1.807) is 0 Å². The Hall–Kier alpha value is -0.520. The fourth-order valence-electron chi connectivity index (χ4n) is 2.34. The van der Waals surface area contributed by atoms with Gasteiger partial charge in [0.2, 0.25) is 0 Å². The molecule has 0 unspecified atom stereocenters. The van der Waals surface area contributed by atoms with Gasteiger partial charge < -0.3 is 0 Å². The zero-order valence-corrected chi connectivity index (χ0v) is 13.9. The molecule has 0 aromatic carbocycles. The molecule has 0 heteroatoms. The molecule has 0 amide bonds. The highest BCUT2D eigenvalue weighted by Crippen LogP contribution is 2.08. The molecular formula is C20H37. The third-order valence-corrected chi connectivity index (χ3v) is 3.70. The minimum atomic E-state index is 1.11. The summed E-state index contributed by atoms with van der Waals surface area (Å²) in [5, 5.41) is 0. The van der Waals surface area contributed by atoms with Crippen LogP contribution in [0.2, 0.25) is 0 Å². The van der Waals surface area contributed by atoms with Gasteiger partial charge in [0, 0.05) is 0 Å². The van der Waals surface area contributed by atoms with Gasteiger partial charge in [-0.1, -0.05) is 95.9 Å². The summed E-state index contributed by atoms with van der Waals surface area (Å²) < 4.78 is 0. The van der Waals surface area contributed by atoms with Crippen LogP contribution in [0.1, 0.15) is 96.8 Å². The Labute approximate surface area is 128 Å². The first-order valence-electron chi connectivity index (χ1n) is 9.01. The van der Waals surface area contributed by atoms with Crippen LogP contribution < -0.4 is 0 Å². The summed E-state index contributed by atoms with van der Waals surface area (Å²) in [6.07, 6.45) is 27.9. The van der Waals surface area contributed by atoms with Crippen molar-refractivity contribution in [2.45, 2.75) is 96.8 Å². The average Bonchev–Trinajstić information content (AvgIpc) is 2.47. The summed E-state index contributed by atoms with van der Waals surface area (Å²) in [7, 11) is 0. The van der Waals surface area contributed by atoms with E-state index < -0.39 is 0 Å². The van der Waals surface area contributed by atoms with Crippen molar-refractivity contribution in [2.75, 3.05) is 0 Å². The molecule has 0 saturated heterocycles. The van der Waals surface area contributed by atoms with Crippen LogP contribution in [0.15, 0.2) is 24.3 Å². The topological polar surface area (TPSA) is 0 Å². The second kappa shape index (κ2) is 18.5. The molecule has 0 spiro atoms. The number of hydrogen-bond donors (Lipinski definition) is 0. The molecule has 0 heterocycles. The molecule has 0 aliphatic carbocycles. The van der Waals surface area contributed by atoms with Crippen LogP contribution in [-0.2, 0) is 0 Å². The lowest BCUT2D eigenvalue weighted by atomic mass is 10.1. The fraction of sp³-hybridized carbons (Fsp3) is 0.750. The molecule has 20 heavy (non-hydrogen) atoms. The molecule has 0 aliphatic rings. The largest absolute Gasteiger partial charge is 0.0882 e. The molecule has 0 atom stereocenters. The maximum Gasteiger partial charge on any atom is -0.0169 e. The van der Waals surface area contributed by atoms with Crippen LogP contribution in [0, 0.1) is 6.92 Å². The maximum atomic E-state index is 3.88. The van der Waals surface area contributed by atoms with Crippen LogP contribution in [0.3, 0.4) is 0 Å². The summed E-state index contributed by atoms with van der Waals surface area (Å²) in [5.41, 5.74) is 0. The Bertz CT molecular complexity index is 212. The highest BCUT2D eigenvalue weighted by atomic mass is 14.0. The Morgan fingerprint density at radius 2 is 1.10 bits per heavy atom. The van der Waals surface area contributed by atoms with Crippen molar-refractivity contribution >= 4 is 0 Å². The van der Waals surface area contributed by atoms with E-state index in [2.05, 4.69) is 38.2 Å². The van der Waals surface area contributed by atoms with Gasteiger partial charge in [-0.05, 0) is 32.1 Å². The monoisotopic (exact) mass is 277 g/mol. The Kier molecular flexibility index (Phi) is 18.0. The van der Waals surface area contributed by atoms with Gasteiger partial charge in [0.15, 0.2) is 0 Å². The molecule has 0 fully saturated rings. The van der Waals surface area contributed by atoms with Crippen molar-refractivity contribution < 1.29 is 0 Å². The molecule has 0 aliphatic heterocycles. The van der Waals surface area contributed by atoms with E-state index >= 15 is 0 Å². The molecule has 117 valence electrons. The van der Waals surface area contributed by atoms with Gasteiger partial charge in [0.25, 0.3) is 0 Å². The fourth-order valence-corrected chi connectivity index (χ4v) is 2.34. The third kappa shape index (κ3) is 17.5. The van der Waals surface area contributed by atoms with Crippen molar-refractivity contribution in [2.24, 2.45) is 0 Å². The third-order valence-electron chi connectivity index (χ3n) is 3.70. The standard InChI is InChI=1S/C20H37/c1-3-5-7-9-11-13-15-17-19-20-18-16-14-12-10-8-6-4-2/h14,16,19-20H,1,3-13,15,17-18H2,2H3/b16-14+,20-19+. The maximum absolute atomic E-state index is 3.88. The first kappa shape index (κ1) is 19.5. The van der Waals surface area contributed by atoms with Crippen LogP contribution in [0.25, 0.3) is 0 Å². The van der Waals surface area contributed by atoms with Crippen molar-refractivity contribution in [3.63, 3.8) is 0 Å². The van der Waals surface area contributed by atoms with Crippen molar-refractivity contribution in [3.8, 4) is 0 Å². The summed E-state index contributed by atoms with van der Waals surface area (Å²) in [6, 6.07) is 0. The molecule has 0 rings (SSSR count). The molecule has 0 aromatic rings. The van der Waals surface area contributed by atoms with E-state index in [9.17, 15) is 0 Å². The number of allylic oxidation sites excluding steroid dienone is 4. The number of rotatable bonds is 15. The summed E-state index contributed by atoms with van der Waals surface area (Å²) in [6.45, 7) is 6.15. The SMILES string of the molecule is [CH2]CCCCCCCC/C=C/C/C=C/CCCCCC. The molecule has 0 bridgehead atoms. The lowest BCUT2D eigenvalue weighted by Crippen LogP contribution is -1.78. The lowest BCUT2D eigenvalue weighted by Gasteiger charge is -1.98. The van der Waals surface area contributed by atoms with Crippen LogP contribution >= 0.6 is 0 Å². The van der Waals surface area contributed by atoms with Crippen LogP contribution in [0.4, 0.5) is 0 Å². The molecule has 0 nitrogen and oxygen atoms in total. The lowest BCUT2D eigenvalue weighted by molar-refractivity contribution is 0.599. The smallest absolute Gasteiger partial charge is 0.0169 e. The predicted octanol–water partition coefficient (Wildman–Crippen LogP) is 7.41. The second-order valence-corrected chi connectivity index (χ2v) is 5.79. The Balaban J connectivity index is 3.13. The van der Waals surface area contributed by atoms with Crippen LogP contribution in [-0.4, -0.2) is 0 Å². The van der Waals surface area contributed by atoms with E-state index in [0.717, 1.165) is 12.8 Å². The number of unbranched alkanes of at least 4 members (excludes halogenated alkanes) is 11. The van der Waals surface area contributed by atoms with Gasteiger partial charge >= 0.3 is 0 Å². The zero-order valence-electron chi connectivity index (χ0n) is 13.9. The Morgan fingerprint density at radius 1 is 0.600 bits per heavy atom. The normalized spacial score (nSPS) is 11.9. The van der Waals surface area contributed by atoms with Gasteiger partial charge in [-0.3, -0.25) is 0 Å². The molecule has 0 N–H and O–H groups in total. The minimum absolute atomic E-state index is 1.11. The van der Waals surface area contributed by atoms with E-state index in [1.807, 2.05) is 0 Å². The van der Waals surface area contributed by atoms with Gasteiger partial charge in [0.05, 0.1) is 0 Å². The average molecular weight is 278 g/mol. The predicted molar refractivity (Wildman–Crippen MR) is 93.9 cm³/mol. The number of hydrogen-bond acceptors (Lipinski definition) is 0. The summed E-state index contributed by atoms with van der Waals surface area (Å²) in [5.74, 6) is 0. The van der Waals surface area contributed by atoms with E-state index in [-0.39, 0.29) is 0 Å². The molecular weight excluding hydrogens is 240 g/mol. The van der Waals surface area contributed by atoms with Crippen molar-refractivity contribution in [1.29, 1.82) is 0 Å². The van der Waals surface area contributed by atoms with Crippen molar-refractivity contribution in [3.05, 3.63) is 31.2 Å². The van der Waals surface area contributed by atoms with Gasteiger partial charge in [-0.2, -0.15) is 0 Å². The first-order valence-corrected chi connectivity index (χ1v) is 9.01. The van der Waals surface area contributed by atoms with Gasteiger partial charge in [-0.15, -0.1) is 0 Å². The molecule has 0 saturated carbocycles. The van der Waals surface area contributed by atoms with Crippen molar-refractivity contribution in [1.82, 2.24) is 0 Å². The first-order chi connectivity index (χ1) is 9.91. The van der Waals surface area contributed by atoms with Crippen LogP contribution in [0.5, 0.6) is 0 Å². The van der Waals surface area contributed by atoms with Gasteiger partial charge in [0.1, 0.15) is 0 Å². The Morgan fingerprint density at radius 3 is 1.65 bits per heavy atom. The second-order valence-electron chi connectivity index (χ2n) is 5.79. The highest BCUT2D eigenvalue weighted by molar-refractivity contribution is 4.92. The summed E-state index contributed by atoms with van der Waals surface area (Å²) >= 11 is 0. The van der Waals surface area contributed by atoms with E-state index in [0.29, 0.717) is 0 Å². The highest BCUT2D eigenvalue weighted by Gasteiger charge is 1.89. The quantitative estimate of drug-likeness (QED) is 0.216. The van der Waals surface area contributed by atoms with E-state index in [4.69, 9.17) is 0 Å². The molecule has 1 radical (unpaired) electrons. The molecule has 0 aromatic heterocycles. The van der Waals surface area contributed by atoms with Gasteiger partial charge in [-0.25, -0.2) is 0 Å². The van der Waals surface area contributed by atoms with E-state index in [1.165, 1.54) is 77.0 Å².